The lowest BCUT2D eigenvalue weighted by molar-refractivity contribution is -0.164. The first-order valence-electron chi connectivity index (χ1n) is 16.0. The average Bonchev–Trinajstić information content (AvgIpc) is 3.47. The van der Waals surface area contributed by atoms with Gasteiger partial charge in [0.1, 0.15) is 24.3 Å². The first-order valence-corrected chi connectivity index (χ1v) is 16.0. The van der Waals surface area contributed by atoms with Crippen molar-refractivity contribution in [1.82, 2.24) is 35.1 Å². The molecule has 0 aromatic heterocycles. The van der Waals surface area contributed by atoms with Crippen LogP contribution in [0, 0.1) is 0 Å². The van der Waals surface area contributed by atoms with Crippen LogP contribution in [-0.2, 0) is 38.2 Å². The summed E-state index contributed by atoms with van der Waals surface area (Å²) in [4.78, 5) is 83.8. The highest BCUT2D eigenvalue weighted by atomic mass is 16.6. The number of ether oxygens (including phenoxy) is 2. The number of aliphatic carboxylic acids is 1. The minimum Gasteiger partial charge on any atom is -0.480 e. The number of nitrogens with zero attached hydrogens (tertiary/aromatic N) is 5. The third-order valence-electron chi connectivity index (χ3n) is 8.77. The molecule has 4 saturated heterocycles. The van der Waals surface area contributed by atoms with E-state index in [4.69, 9.17) is 9.47 Å². The van der Waals surface area contributed by atoms with Crippen molar-refractivity contribution < 1.29 is 53.4 Å². The Morgan fingerprint density at radius 1 is 0.809 bits per heavy atom. The van der Waals surface area contributed by atoms with Gasteiger partial charge >= 0.3 is 25.0 Å². The van der Waals surface area contributed by atoms with Gasteiger partial charge in [0.2, 0.25) is 17.7 Å². The topological polar surface area (TPSA) is 222 Å². The van der Waals surface area contributed by atoms with E-state index >= 15 is 0 Å². The van der Waals surface area contributed by atoms with Crippen molar-refractivity contribution >= 4 is 42.7 Å². The number of hydrogen-bond donors (Lipinski definition) is 5. The van der Waals surface area contributed by atoms with Gasteiger partial charge in [-0.05, 0) is 26.7 Å². The summed E-state index contributed by atoms with van der Waals surface area (Å²) in [5.41, 5.74) is 0. The van der Waals surface area contributed by atoms with Crippen molar-refractivity contribution in [3.05, 3.63) is 0 Å². The number of morpholine rings is 2. The van der Waals surface area contributed by atoms with Crippen LogP contribution in [-0.4, -0.2) is 198 Å². The fourth-order valence-electron chi connectivity index (χ4n) is 6.51. The molecule has 3 amide bonds. The Bertz CT molecular complexity index is 1180. The summed E-state index contributed by atoms with van der Waals surface area (Å²) < 4.78 is 11.1. The number of rotatable bonds is 9. The van der Waals surface area contributed by atoms with Crippen LogP contribution in [0.1, 0.15) is 26.7 Å². The van der Waals surface area contributed by atoms with E-state index in [0.29, 0.717) is 58.7 Å². The van der Waals surface area contributed by atoms with E-state index < -0.39 is 73.0 Å². The summed E-state index contributed by atoms with van der Waals surface area (Å²) in [6, 6.07) is -1.95. The number of likely N-dealkylation sites (tertiary alicyclic amines) is 1. The molecular weight excluding hydrogens is 621 g/mol. The highest BCUT2D eigenvalue weighted by molar-refractivity contribution is 6.43. The number of hydrogen-bond acceptors (Lipinski definition) is 14. The maximum atomic E-state index is 13.2. The van der Waals surface area contributed by atoms with E-state index in [-0.39, 0.29) is 39.3 Å². The molecule has 0 saturated carbocycles. The Kier molecular flexibility index (Phi) is 12.9. The third-order valence-corrected chi connectivity index (χ3v) is 8.77. The molecule has 0 aromatic rings. The van der Waals surface area contributed by atoms with Crippen LogP contribution >= 0.6 is 0 Å². The molecule has 0 spiro atoms. The molecule has 0 aromatic carbocycles. The van der Waals surface area contributed by atoms with Crippen molar-refractivity contribution in [2.75, 3.05) is 85.1 Å². The molecule has 4 heterocycles. The smallest absolute Gasteiger partial charge is 0.475 e. The second-order valence-corrected chi connectivity index (χ2v) is 12.7. The molecule has 4 unspecified atom stereocenters. The van der Waals surface area contributed by atoms with Crippen molar-refractivity contribution in [3.63, 3.8) is 0 Å². The van der Waals surface area contributed by atoms with E-state index in [0.717, 1.165) is 0 Å². The van der Waals surface area contributed by atoms with Gasteiger partial charge in [-0.25, -0.2) is 0 Å². The van der Waals surface area contributed by atoms with Gasteiger partial charge in [0.15, 0.2) is 0 Å². The zero-order chi connectivity index (χ0) is 34.2. The lowest BCUT2D eigenvalue weighted by Crippen LogP contribution is -2.57. The molecule has 4 aliphatic heterocycles. The summed E-state index contributed by atoms with van der Waals surface area (Å²) in [5, 5.41) is 33.8. The number of amides is 3. The second kappa shape index (κ2) is 16.7. The van der Waals surface area contributed by atoms with Gasteiger partial charge in [0, 0.05) is 58.9 Å². The number of carbonyl (C=O) groups is 6. The molecule has 18 nitrogen and oxygen atoms in total. The number of fused-ring (bicyclic) bond motifs is 4. The number of nitrogens with one attached hydrogen (secondary N) is 2. The van der Waals surface area contributed by atoms with Crippen molar-refractivity contribution in [3.8, 4) is 0 Å². The zero-order valence-corrected chi connectivity index (χ0v) is 26.9. The molecule has 0 aliphatic carbocycles. The van der Waals surface area contributed by atoms with E-state index in [2.05, 4.69) is 10.6 Å². The lowest BCUT2D eigenvalue weighted by Gasteiger charge is -2.39. The molecule has 7 atom stereocenters. The van der Waals surface area contributed by atoms with E-state index in [9.17, 15) is 43.9 Å². The van der Waals surface area contributed by atoms with Crippen LogP contribution in [0.25, 0.3) is 0 Å². The van der Waals surface area contributed by atoms with E-state index in [1.807, 2.05) is 9.80 Å². The SMILES string of the molecule is C[C@H](NC(=O)CN1CCN2CC(=O)OC(CN(CC(=O)O)CCN3CC(=O)OC(C1)C3)C2)C(=O)N[C@H](C)C(=O)N1CCC[C@H]1B(O)O. The predicted molar refractivity (Wildman–Crippen MR) is 163 cm³/mol. The van der Waals surface area contributed by atoms with Crippen LogP contribution < -0.4 is 10.6 Å². The van der Waals surface area contributed by atoms with E-state index in [1.54, 1.807) is 9.80 Å². The van der Waals surface area contributed by atoms with E-state index in [1.165, 1.54) is 18.7 Å². The zero-order valence-electron chi connectivity index (χ0n) is 26.9. The molecule has 4 bridgehead atoms. The minimum absolute atomic E-state index is 0.0329. The van der Waals surface area contributed by atoms with Gasteiger partial charge in [-0.15, -0.1) is 0 Å². The van der Waals surface area contributed by atoms with Crippen LogP contribution in [0.5, 0.6) is 0 Å². The molecular formula is C28H46BN7O11. The van der Waals surface area contributed by atoms with Gasteiger partial charge in [-0.2, -0.15) is 0 Å². The van der Waals surface area contributed by atoms with Crippen molar-refractivity contribution in [2.24, 2.45) is 0 Å². The molecule has 4 aliphatic rings. The normalized spacial score (nSPS) is 29.0. The first kappa shape index (κ1) is 36.5. The Balaban J connectivity index is 1.37. The number of carbonyl (C=O) groups excluding carboxylic acids is 5. The fraction of sp³-hybridized carbons (Fsp3) is 0.786. The third kappa shape index (κ3) is 10.8. The number of esters is 2. The van der Waals surface area contributed by atoms with Gasteiger partial charge in [-0.1, -0.05) is 0 Å². The Labute approximate surface area is 273 Å². The maximum absolute atomic E-state index is 13.2. The molecule has 4 fully saturated rings. The largest absolute Gasteiger partial charge is 0.480 e. The fourth-order valence-corrected chi connectivity index (χ4v) is 6.51. The number of carboxylic acid groups (broad SMARTS) is 1. The Morgan fingerprint density at radius 3 is 1.89 bits per heavy atom. The quantitative estimate of drug-likeness (QED) is 0.115. The van der Waals surface area contributed by atoms with Gasteiger partial charge < -0.3 is 40.2 Å². The second-order valence-electron chi connectivity index (χ2n) is 12.7. The highest BCUT2D eigenvalue weighted by Gasteiger charge is 2.39. The summed E-state index contributed by atoms with van der Waals surface area (Å²) in [6.07, 6.45) is -0.0610. The summed E-state index contributed by atoms with van der Waals surface area (Å²) in [7, 11) is -1.68. The molecule has 0 radical (unpaired) electrons. The first-order chi connectivity index (χ1) is 22.3. The van der Waals surface area contributed by atoms with Gasteiger partial charge in [0.25, 0.3) is 0 Å². The Hall–Kier alpha value is -3.36. The maximum Gasteiger partial charge on any atom is 0.475 e. The van der Waals surface area contributed by atoms with Crippen molar-refractivity contribution in [2.45, 2.75) is 56.9 Å². The lowest BCUT2D eigenvalue weighted by atomic mass is 9.78. The Morgan fingerprint density at radius 2 is 1.36 bits per heavy atom. The van der Waals surface area contributed by atoms with Crippen molar-refractivity contribution in [1.29, 1.82) is 0 Å². The highest BCUT2D eigenvalue weighted by Crippen LogP contribution is 2.19. The summed E-state index contributed by atoms with van der Waals surface area (Å²) in [6.45, 7) is 5.61. The molecule has 262 valence electrons. The molecule has 19 heteroatoms. The standard InChI is InChI=1S/C28H46BN7O11/c1-18(27(42)31-19(2)28(43)36-5-3-4-22(36)29(44)45)30-23(37)14-32-6-8-34-13-21(47-26(41)16-34)11-33(15-24(38)39)7-9-35-12-20(10-32)46-25(40)17-35/h18-22,44-45H,3-17H2,1-2H3,(H,30,37)(H,31,42)(H,38,39)/t18-,19+,20?,21?,22-/m0/s1. The predicted octanol–water partition coefficient (Wildman–Crippen LogP) is -4.84. The minimum atomic E-state index is -1.68. The van der Waals surface area contributed by atoms with Gasteiger partial charge in [-0.3, -0.25) is 48.4 Å². The molecule has 4 rings (SSSR count). The number of carboxylic acids is 1. The van der Waals surface area contributed by atoms with Gasteiger partial charge in [0.05, 0.1) is 32.1 Å². The summed E-state index contributed by atoms with van der Waals surface area (Å²) >= 11 is 0. The van der Waals surface area contributed by atoms with Crippen LogP contribution in [0.3, 0.4) is 0 Å². The van der Waals surface area contributed by atoms with Crippen LogP contribution in [0.15, 0.2) is 0 Å². The summed E-state index contributed by atoms with van der Waals surface area (Å²) in [5.74, 6) is -4.13. The van der Waals surface area contributed by atoms with Crippen LogP contribution in [0.4, 0.5) is 0 Å². The monoisotopic (exact) mass is 667 g/mol. The average molecular weight is 668 g/mol. The van der Waals surface area contributed by atoms with Crippen LogP contribution in [0.2, 0.25) is 0 Å². The molecule has 47 heavy (non-hydrogen) atoms. The molecule has 5 N–H and O–H groups in total.